The molecule has 0 aliphatic carbocycles. The van der Waals surface area contributed by atoms with Gasteiger partial charge in [0, 0.05) is 12.4 Å². The van der Waals surface area contributed by atoms with Crippen molar-refractivity contribution >= 4 is 17.7 Å². The van der Waals surface area contributed by atoms with Crippen molar-refractivity contribution in [1.82, 2.24) is 0 Å². The average Bonchev–Trinajstić information content (AvgIpc) is 2.20. The van der Waals surface area contributed by atoms with Gasteiger partial charge in [0.1, 0.15) is 0 Å². The molecule has 5 heteroatoms. The summed E-state index contributed by atoms with van der Waals surface area (Å²) in [5.41, 5.74) is 0. The van der Waals surface area contributed by atoms with Crippen LogP contribution in [0.4, 0.5) is 0 Å². The number of carboxylic acids is 1. The van der Waals surface area contributed by atoms with Crippen molar-refractivity contribution in [1.29, 1.82) is 0 Å². The van der Waals surface area contributed by atoms with E-state index in [0.29, 0.717) is 19.0 Å². The van der Waals surface area contributed by atoms with E-state index < -0.39 is 17.3 Å². The summed E-state index contributed by atoms with van der Waals surface area (Å²) in [6, 6.07) is 0. The largest absolute Gasteiger partial charge is 0.480 e. The monoisotopic (exact) mass is 236 g/mol. The third kappa shape index (κ3) is 8.72. The van der Waals surface area contributed by atoms with E-state index in [0.717, 1.165) is 12.8 Å². The molecular formula is C10H20O4S. The fourth-order valence-corrected chi connectivity index (χ4v) is 1.59. The Kier molecular flexibility index (Phi) is 8.85. The van der Waals surface area contributed by atoms with Crippen molar-refractivity contribution in [3.8, 4) is 0 Å². The Balaban J connectivity index is 3.40. The lowest BCUT2D eigenvalue weighted by atomic mass is 10.3. The third-order valence-electron chi connectivity index (χ3n) is 1.84. The van der Waals surface area contributed by atoms with Crippen molar-refractivity contribution < 1.29 is 19.7 Å². The number of hydrogen-bond acceptors (Lipinski definition) is 4. The molecule has 4 nitrogen and oxygen atoms in total. The first-order valence-electron chi connectivity index (χ1n) is 5.18. The Hall–Kier alpha value is -0.260. The normalized spacial score (nSPS) is 14.9. The van der Waals surface area contributed by atoms with Crippen molar-refractivity contribution in [3.05, 3.63) is 0 Å². The molecule has 0 aromatic heterocycles. The maximum Gasteiger partial charge on any atom is 0.316 e. The summed E-state index contributed by atoms with van der Waals surface area (Å²) >= 11 is 1.23. The SMILES string of the molecule is CCCCOCC(O)CSC(C)C(=O)O. The molecule has 0 aromatic rings. The fraction of sp³-hybridized carbons (Fsp3) is 0.900. The number of unbranched alkanes of at least 4 members (excludes halogenated alkanes) is 1. The van der Waals surface area contributed by atoms with Crippen LogP contribution in [0.1, 0.15) is 26.7 Å². The molecule has 90 valence electrons. The molecule has 0 spiro atoms. The molecule has 2 atom stereocenters. The molecule has 15 heavy (non-hydrogen) atoms. The van der Waals surface area contributed by atoms with E-state index in [1.54, 1.807) is 6.92 Å². The Labute approximate surface area is 95.0 Å². The Morgan fingerprint density at radius 1 is 1.53 bits per heavy atom. The topological polar surface area (TPSA) is 66.8 Å². The standard InChI is InChI=1S/C10H20O4S/c1-3-4-5-14-6-9(11)7-15-8(2)10(12)13/h8-9,11H,3-7H2,1-2H3,(H,12,13). The van der Waals surface area contributed by atoms with E-state index in [4.69, 9.17) is 9.84 Å². The number of hydrogen-bond donors (Lipinski definition) is 2. The molecule has 0 aliphatic rings. The molecule has 2 unspecified atom stereocenters. The van der Waals surface area contributed by atoms with Crippen LogP contribution in [0.15, 0.2) is 0 Å². The van der Waals surface area contributed by atoms with Crippen LogP contribution in [0.2, 0.25) is 0 Å². The van der Waals surface area contributed by atoms with Gasteiger partial charge in [-0.2, -0.15) is 0 Å². The summed E-state index contributed by atoms with van der Waals surface area (Å²) in [5, 5.41) is 17.6. The van der Waals surface area contributed by atoms with Gasteiger partial charge in [0.2, 0.25) is 0 Å². The highest BCUT2D eigenvalue weighted by Gasteiger charge is 2.13. The number of aliphatic hydroxyl groups excluding tert-OH is 1. The summed E-state index contributed by atoms with van der Waals surface area (Å²) in [4.78, 5) is 10.5. The van der Waals surface area contributed by atoms with Crippen molar-refractivity contribution in [2.45, 2.75) is 38.0 Å². The van der Waals surface area contributed by atoms with Crippen LogP contribution >= 0.6 is 11.8 Å². The Morgan fingerprint density at radius 2 is 2.20 bits per heavy atom. The highest BCUT2D eigenvalue weighted by atomic mass is 32.2. The van der Waals surface area contributed by atoms with Crippen molar-refractivity contribution in [3.63, 3.8) is 0 Å². The van der Waals surface area contributed by atoms with E-state index >= 15 is 0 Å². The van der Waals surface area contributed by atoms with Crippen LogP contribution in [0.5, 0.6) is 0 Å². The van der Waals surface area contributed by atoms with Crippen molar-refractivity contribution in [2.75, 3.05) is 19.0 Å². The molecule has 0 bridgehead atoms. The van der Waals surface area contributed by atoms with E-state index in [-0.39, 0.29) is 0 Å². The Bertz CT molecular complexity index is 175. The second-order valence-corrected chi connectivity index (χ2v) is 4.77. The second-order valence-electron chi connectivity index (χ2n) is 3.40. The molecule has 0 saturated heterocycles. The summed E-state index contributed by atoms with van der Waals surface area (Å²) in [7, 11) is 0. The minimum absolute atomic E-state index is 0.291. The lowest BCUT2D eigenvalue weighted by molar-refractivity contribution is -0.136. The highest BCUT2D eigenvalue weighted by molar-refractivity contribution is 8.00. The summed E-state index contributed by atoms with van der Waals surface area (Å²) in [6.07, 6.45) is 1.49. The first-order chi connectivity index (χ1) is 7.07. The van der Waals surface area contributed by atoms with Crippen molar-refractivity contribution in [2.24, 2.45) is 0 Å². The minimum Gasteiger partial charge on any atom is -0.480 e. The molecule has 2 N–H and O–H groups in total. The van der Waals surface area contributed by atoms with Crippen LogP contribution in [0.3, 0.4) is 0 Å². The van der Waals surface area contributed by atoms with Gasteiger partial charge in [-0.25, -0.2) is 0 Å². The zero-order valence-electron chi connectivity index (χ0n) is 9.31. The van der Waals surface area contributed by atoms with Gasteiger partial charge in [0.15, 0.2) is 0 Å². The molecule has 0 aliphatic heterocycles. The lowest BCUT2D eigenvalue weighted by Crippen LogP contribution is -2.22. The quantitative estimate of drug-likeness (QED) is 0.592. The average molecular weight is 236 g/mol. The number of rotatable bonds is 9. The molecule has 0 aromatic carbocycles. The van der Waals surface area contributed by atoms with Gasteiger partial charge in [-0.15, -0.1) is 11.8 Å². The number of aliphatic hydroxyl groups is 1. The lowest BCUT2D eigenvalue weighted by Gasteiger charge is -2.12. The molecule has 0 radical (unpaired) electrons. The van der Waals surface area contributed by atoms with E-state index in [1.807, 2.05) is 0 Å². The predicted octanol–water partition coefficient (Wildman–Crippen LogP) is 1.37. The maximum atomic E-state index is 10.5. The summed E-state index contributed by atoms with van der Waals surface area (Å²) < 4.78 is 5.22. The summed E-state index contributed by atoms with van der Waals surface area (Å²) in [5.74, 6) is -0.446. The number of carbonyl (C=O) groups is 1. The van der Waals surface area contributed by atoms with Crippen LogP contribution in [-0.4, -0.2) is 46.5 Å². The smallest absolute Gasteiger partial charge is 0.316 e. The van der Waals surface area contributed by atoms with E-state index in [1.165, 1.54) is 11.8 Å². The third-order valence-corrected chi connectivity index (χ3v) is 3.12. The van der Waals surface area contributed by atoms with Crippen LogP contribution in [-0.2, 0) is 9.53 Å². The first-order valence-corrected chi connectivity index (χ1v) is 6.23. The number of thioether (sulfide) groups is 1. The van der Waals surface area contributed by atoms with Gasteiger partial charge in [-0.1, -0.05) is 13.3 Å². The predicted molar refractivity (Wildman–Crippen MR) is 61.3 cm³/mol. The summed E-state index contributed by atoms with van der Waals surface area (Å²) in [6.45, 7) is 4.63. The first kappa shape index (κ1) is 14.7. The zero-order chi connectivity index (χ0) is 11.7. The van der Waals surface area contributed by atoms with Gasteiger partial charge in [-0.3, -0.25) is 4.79 Å². The van der Waals surface area contributed by atoms with Crippen LogP contribution in [0.25, 0.3) is 0 Å². The van der Waals surface area contributed by atoms with E-state index in [9.17, 15) is 9.90 Å². The van der Waals surface area contributed by atoms with Crippen LogP contribution in [0, 0.1) is 0 Å². The molecule has 0 amide bonds. The molecule has 0 heterocycles. The van der Waals surface area contributed by atoms with Gasteiger partial charge in [0.05, 0.1) is 18.0 Å². The van der Waals surface area contributed by atoms with Crippen LogP contribution < -0.4 is 0 Å². The van der Waals surface area contributed by atoms with Gasteiger partial charge in [0.25, 0.3) is 0 Å². The highest BCUT2D eigenvalue weighted by Crippen LogP contribution is 2.12. The molecule has 0 saturated carbocycles. The second kappa shape index (κ2) is 9.00. The maximum absolute atomic E-state index is 10.5. The van der Waals surface area contributed by atoms with Gasteiger partial charge >= 0.3 is 5.97 Å². The zero-order valence-corrected chi connectivity index (χ0v) is 10.1. The molecule has 0 fully saturated rings. The Morgan fingerprint density at radius 3 is 2.73 bits per heavy atom. The minimum atomic E-state index is -0.848. The molecular weight excluding hydrogens is 216 g/mol. The van der Waals surface area contributed by atoms with E-state index in [2.05, 4.69) is 6.92 Å². The van der Waals surface area contributed by atoms with Gasteiger partial charge < -0.3 is 14.9 Å². The number of ether oxygens (including phenoxy) is 1. The fourth-order valence-electron chi connectivity index (χ4n) is 0.841. The van der Waals surface area contributed by atoms with Gasteiger partial charge in [-0.05, 0) is 13.3 Å². The number of aliphatic carboxylic acids is 1. The number of carboxylic acid groups (broad SMARTS) is 1. The molecule has 0 rings (SSSR count).